The smallest absolute Gasteiger partial charge is 0.0174 e. The van der Waals surface area contributed by atoms with Crippen molar-refractivity contribution in [3.8, 4) is 0 Å². The lowest BCUT2D eigenvalue weighted by Crippen LogP contribution is -2.44. The van der Waals surface area contributed by atoms with Crippen LogP contribution < -0.4 is 5.32 Å². The summed E-state index contributed by atoms with van der Waals surface area (Å²) < 4.78 is 0. The van der Waals surface area contributed by atoms with Crippen LogP contribution in [0.4, 0.5) is 0 Å². The van der Waals surface area contributed by atoms with Gasteiger partial charge in [0, 0.05) is 32.2 Å². The molecule has 1 unspecified atom stereocenters. The molecular formula is C13H27N3. The molecule has 2 fully saturated rings. The van der Waals surface area contributed by atoms with Gasteiger partial charge in [-0.2, -0.15) is 0 Å². The van der Waals surface area contributed by atoms with Gasteiger partial charge >= 0.3 is 0 Å². The highest BCUT2D eigenvalue weighted by molar-refractivity contribution is 4.77. The second-order valence-electron chi connectivity index (χ2n) is 5.64. The van der Waals surface area contributed by atoms with E-state index in [1.54, 1.807) is 0 Å². The summed E-state index contributed by atoms with van der Waals surface area (Å²) in [6, 6.07) is 0.629. The Bertz CT molecular complexity index is 199. The Labute approximate surface area is 100 Å². The summed E-state index contributed by atoms with van der Waals surface area (Å²) in [6.07, 6.45) is 5.59. The van der Waals surface area contributed by atoms with Crippen molar-refractivity contribution in [2.75, 3.05) is 32.7 Å². The van der Waals surface area contributed by atoms with Crippen molar-refractivity contribution in [3.63, 3.8) is 0 Å². The molecule has 0 aromatic rings. The third-order valence-electron chi connectivity index (χ3n) is 3.81. The van der Waals surface area contributed by atoms with Crippen molar-refractivity contribution in [1.82, 2.24) is 15.3 Å². The van der Waals surface area contributed by atoms with Gasteiger partial charge in [0.15, 0.2) is 0 Å². The quantitative estimate of drug-likeness (QED) is 0.786. The predicted molar refractivity (Wildman–Crippen MR) is 68.2 cm³/mol. The summed E-state index contributed by atoms with van der Waals surface area (Å²) in [5.41, 5.74) is 0. The van der Waals surface area contributed by atoms with E-state index < -0.39 is 0 Å². The van der Waals surface area contributed by atoms with Gasteiger partial charge in [0.05, 0.1) is 0 Å². The van der Waals surface area contributed by atoms with Crippen molar-refractivity contribution in [2.45, 2.75) is 45.6 Å². The molecule has 0 aliphatic carbocycles. The van der Waals surface area contributed by atoms with Gasteiger partial charge in [-0.3, -0.25) is 0 Å². The Balaban J connectivity index is 1.70. The molecule has 2 aliphatic rings. The third-order valence-corrected chi connectivity index (χ3v) is 3.81. The standard InChI is InChI=1S/C13H27N3/c1-12(2)14-10-13-6-9-16(11-13)15-7-4-3-5-8-15/h12-14H,3-11H2,1-2H3. The highest BCUT2D eigenvalue weighted by atomic mass is 15.6. The lowest BCUT2D eigenvalue weighted by atomic mass is 10.1. The first-order valence-electron chi connectivity index (χ1n) is 6.99. The number of piperidine rings is 1. The molecule has 2 aliphatic heterocycles. The molecule has 2 heterocycles. The zero-order valence-electron chi connectivity index (χ0n) is 10.9. The number of nitrogens with one attached hydrogen (secondary N) is 1. The monoisotopic (exact) mass is 225 g/mol. The highest BCUT2D eigenvalue weighted by Gasteiger charge is 2.27. The van der Waals surface area contributed by atoms with Crippen LogP contribution in [0.2, 0.25) is 0 Å². The van der Waals surface area contributed by atoms with Crippen LogP contribution >= 0.6 is 0 Å². The fourth-order valence-corrected chi connectivity index (χ4v) is 2.80. The Kier molecular flexibility index (Phi) is 4.62. The normalized spacial score (nSPS) is 29.1. The van der Waals surface area contributed by atoms with Crippen LogP contribution in [-0.2, 0) is 0 Å². The summed E-state index contributed by atoms with van der Waals surface area (Å²) in [6.45, 7) is 10.8. The van der Waals surface area contributed by atoms with E-state index in [1.165, 1.54) is 58.4 Å². The summed E-state index contributed by atoms with van der Waals surface area (Å²) in [4.78, 5) is 0. The molecule has 0 aromatic carbocycles. The zero-order chi connectivity index (χ0) is 11.4. The molecule has 0 aromatic heterocycles. The minimum absolute atomic E-state index is 0.629. The first-order valence-corrected chi connectivity index (χ1v) is 6.99. The molecule has 2 rings (SSSR count). The van der Waals surface area contributed by atoms with E-state index in [4.69, 9.17) is 0 Å². The van der Waals surface area contributed by atoms with E-state index in [-0.39, 0.29) is 0 Å². The molecule has 1 atom stereocenters. The Morgan fingerprint density at radius 2 is 1.81 bits per heavy atom. The largest absolute Gasteiger partial charge is 0.314 e. The number of rotatable bonds is 4. The Morgan fingerprint density at radius 1 is 1.06 bits per heavy atom. The topological polar surface area (TPSA) is 18.5 Å². The molecule has 3 nitrogen and oxygen atoms in total. The fraction of sp³-hybridized carbons (Fsp3) is 1.00. The van der Waals surface area contributed by atoms with E-state index in [9.17, 15) is 0 Å². The molecule has 0 radical (unpaired) electrons. The van der Waals surface area contributed by atoms with Gasteiger partial charge in [-0.15, -0.1) is 0 Å². The van der Waals surface area contributed by atoms with Gasteiger partial charge in [0.2, 0.25) is 0 Å². The minimum Gasteiger partial charge on any atom is -0.314 e. The molecule has 2 saturated heterocycles. The van der Waals surface area contributed by atoms with E-state index >= 15 is 0 Å². The van der Waals surface area contributed by atoms with Crippen LogP contribution in [0.25, 0.3) is 0 Å². The maximum Gasteiger partial charge on any atom is 0.0174 e. The molecule has 0 spiro atoms. The lowest BCUT2D eigenvalue weighted by Gasteiger charge is -2.34. The maximum absolute atomic E-state index is 3.57. The van der Waals surface area contributed by atoms with E-state index in [1.807, 2.05) is 0 Å². The minimum atomic E-state index is 0.629. The molecule has 0 bridgehead atoms. The van der Waals surface area contributed by atoms with Crippen molar-refractivity contribution >= 4 is 0 Å². The highest BCUT2D eigenvalue weighted by Crippen LogP contribution is 2.20. The molecule has 0 saturated carbocycles. The molecule has 16 heavy (non-hydrogen) atoms. The SMILES string of the molecule is CC(C)NCC1CCN(N2CCCCC2)C1. The molecular weight excluding hydrogens is 198 g/mol. The predicted octanol–water partition coefficient (Wildman–Crippen LogP) is 1.71. The maximum atomic E-state index is 3.57. The van der Waals surface area contributed by atoms with Gasteiger partial charge in [0.1, 0.15) is 0 Å². The number of hydrogen-bond acceptors (Lipinski definition) is 3. The zero-order valence-corrected chi connectivity index (χ0v) is 10.9. The third kappa shape index (κ3) is 3.44. The second kappa shape index (κ2) is 5.99. The Hall–Kier alpha value is -0.120. The second-order valence-corrected chi connectivity index (χ2v) is 5.64. The first-order chi connectivity index (χ1) is 7.75. The van der Waals surface area contributed by atoms with Crippen LogP contribution in [0.3, 0.4) is 0 Å². The van der Waals surface area contributed by atoms with Crippen LogP contribution in [0.5, 0.6) is 0 Å². The average molecular weight is 225 g/mol. The van der Waals surface area contributed by atoms with Crippen molar-refractivity contribution < 1.29 is 0 Å². The van der Waals surface area contributed by atoms with Crippen molar-refractivity contribution in [3.05, 3.63) is 0 Å². The lowest BCUT2D eigenvalue weighted by molar-refractivity contribution is -0.0219. The van der Waals surface area contributed by atoms with Crippen LogP contribution in [0.1, 0.15) is 39.5 Å². The van der Waals surface area contributed by atoms with Gasteiger partial charge in [-0.05, 0) is 31.7 Å². The van der Waals surface area contributed by atoms with Gasteiger partial charge in [-0.1, -0.05) is 20.3 Å². The first kappa shape index (κ1) is 12.3. The molecule has 1 N–H and O–H groups in total. The van der Waals surface area contributed by atoms with E-state index in [2.05, 4.69) is 29.2 Å². The van der Waals surface area contributed by atoms with Crippen molar-refractivity contribution in [2.24, 2.45) is 5.92 Å². The van der Waals surface area contributed by atoms with Crippen LogP contribution in [-0.4, -0.2) is 48.8 Å². The summed E-state index contributed by atoms with van der Waals surface area (Å²) >= 11 is 0. The van der Waals surface area contributed by atoms with Gasteiger partial charge in [-0.25, -0.2) is 10.0 Å². The number of nitrogens with zero attached hydrogens (tertiary/aromatic N) is 2. The summed E-state index contributed by atoms with van der Waals surface area (Å²) in [7, 11) is 0. The number of hydrogen-bond donors (Lipinski definition) is 1. The van der Waals surface area contributed by atoms with E-state index in [0.29, 0.717) is 6.04 Å². The van der Waals surface area contributed by atoms with Gasteiger partial charge in [0.25, 0.3) is 0 Å². The Morgan fingerprint density at radius 3 is 2.50 bits per heavy atom. The fourth-order valence-electron chi connectivity index (χ4n) is 2.80. The number of hydrazine groups is 1. The van der Waals surface area contributed by atoms with Gasteiger partial charge < -0.3 is 5.32 Å². The average Bonchev–Trinajstić information content (AvgIpc) is 2.76. The van der Waals surface area contributed by atoms with Crippen LogP contribution in [0, 0.1) is 5.92 Å². The van der Waals surface area contributed by atoms with Crippen molar-refractivity contribution in [1.29, 1.82) is 0 Å². The molecule has 0 amide bonds. The summed E-state index contributed by atoms with van der Waals surface area (Å²) in [5, 5.41) is 8.76. The molecule has 3 heteroatoms. The summed E-state index contributed by atoms with van der Waals surface area (Å²) in [5.74, 6) is 0.865. The van der Waals surface area contributed by atoms with Crippen LogP contribution in [0.15, 0.2) is 0 Å². The molecule has 94 valence electrons. The van der Waals surface area contributed by atoms with E-state index in [0.717, 1.165) is 5.92 Å².